The van der Waals surface area contributed by atoms with Gasteiger partial charge in [-0.3, -0.25) is 9.97 Å². The van der Waals surface area contributed by atoms with Crippen molar-refractivity contribution in [3.63, 3.8) is 0 Å². The number of carbonyl (C=O) groups is 2. The molecule has 4 heterocycles. The van der Waals surface area contributed by atoms with Gasteiger partial charge in [-0.25, -0.2) is 14.0 Å². The Labute approximate surface area is 307 Å². The zero-order valence-electron chi connectivity index (χ0n) is 29.3. The molecule has 10 nitrogen and oxygen atoms in total. The largest absolute Gasteiger partial charge is 0.494 e. The molecule has 13 heteroatoms. The van der Waals surface area contributed by atoms with Crippen LogP contribution in [0.5, 0.6) is 11.5 Å². The molecule has 0 saturated carbocycles. The van der Waals surface area contributed by atoms with Crippen molar-refractivity contribution in [3.05, 3.63) is 92.6 Å². The number of nitrogens with zero attached hydrogens (tertiary/aromatic N) is 4. The van der Waals surface area contributed by atoms with Crippen LogP contribution in [0.25, 0.3) is 0 Å². The SMILES string of the molecule is Cc1ccc(OCCC2CCN(C(=O)OCc3cncs3)CC2)c(C)c1.O=C(OCc1cncs1)N1CCC(CCOc2ccc(F)cc2)CC1. The summed E-state index contributed by atoms with van der Waals surface area (Å²) >= 11 is 2.98. The average Bonchev–Trinajstić information content (AvgIpc) is 3.88. The number of thiazole rings is 2. The molecule has 0 atom stereocenters. The highest BCUT2D eigenvalue weighted by atomic mass is 32.1. The lowest BCUT2D eigenvalue weighted by Gasteiger charge is -2.31. The number of rotatable bonds is 12. The van der Waals surface area contributed by atoms with Crippen LogP contribution < -0.4 is 9.47 Å². The number of benzene rings is 2. The Hall–Kier alpha value is -4.23. The van der Waals surface area contributed by atoms with Crippen molar-refractivity contribution in [2.75, 3.05) is 39.4 Å². The van der Waals surface area contributed by atoms with Gasteiger partial charge < -0.3 is 28.7 Å². The van der Waals surface area contributed by atoms with Crippen LogP contribution in [-0.2, 0) is 22.7 Å². The van der Waals surface area contributed by atoms with Crippen molar-refractivity contribution in [2.45, 2.75) is 65.6 Å². The van der Waals surface area contributed by atoms with E-state index >= 15 is 0 Å². The lowest BCUT2D eigenvalue weighted by molar-refractivity contribution is 0.0799. The molecule has 0 spiro atoms. The van der Waals surface area contributed by atoms with Crippen molar-refractivity contribution in [1.82, 2.24) is 19.8 Å². The maximum Gasteiger partial charge on any atom is 0.410 e. The summed E-state index contributed by atoms with van der Waals surface area (Å²) in [4.78, 5) is 37.6. The van der Waals surface area contributed by atoms with Crippen LogP contribution in [0.3, 0.4) is 0 Å². The second kappa shape index (κ2) is 20.0. The maximum absolute atomic E-state index is 12.8. The highest BCUT2D eigenvalue weighted by Gasteiger charge is 2.25. The monoisotopic (exact) mass is 738 g/mol. The topological polar surface area (TPSA) is 103 Å². The van der Waals surface area contributed by atoms with Gasteiger partial charge in [-0.05, 0) is 100 Å². The van der Waals surface area contributed by atoms with E-state index in [0.717, 1.165) is 73.7 Å². The summed E-state index contributed by atoms with van der Waals surface area (Å²) in [6.45, 7) is 9.04. The summed E-state index contributed by atoms with van der Waals surface area (Å²) < 4.78 is 35.1. The summed E-state index contributed by atoms with van der Waals surface area (Å²) in [7, 11) is 0. The van der Waals surface area contributed by atoms with Crippen LogP contribution in [0.15, 0.2) is 65.9 Å². The standard InChI is InChI=1S/C20H26N2O3S.C18H21FN2O3S/c1-15-3-4-19(16(2)11-15)24-10-7-17-5-8-22(9-6-17)20(23)25-13-18-12-21-14-26-18;19-15-1-3-16(4-2-15)23-10-7-14-5-8-21(9-6-14)18(22)24-12-17-11-20-13-25-17/h3-4,11-12,14,17H,5-10,13H2,1-2H3;1-4,11,13-14H,5-10,12H2. The number of likely N-dealkylation sites (tertiary alicyclic amines) is 2. The number of piperidine rings is 2. The Bertz CT molecular complexity index is 1610. The fourth-order valence-electron chi connectivity index (χ4n) is 6.05. The smallest absolute Gasteiger partial charge is 0.410 e. The first-order valence-electron chi connectivity index (χ1n) is 17.5. The van der Waals surface area contributed by atoms with Crippen LogP contribution in [0, 0.1) is 31.5 Å². The zero-order chi connectivity index (χ0) is 35.8. The second-order valence-electron chi connectivity index (χ2n) is 12.9. The molecule has 51 heavy (non-hydrogen) atoms. The van der Waals surface area contributed by atoms with Gasteiger partial charge in [-0.2, -0.15) is 0 Å². The predicted octanol–water partition coefficient (Wildman–Crippen LogP) is 8.68. The average molecular weight is 739 g/mol. The van der Waals surface area contributed by atoms with Gasteiger partial charge in [0.2, 0.25) is 0 Å². The van der Waals surface area contributed by atoms with E-state index < -0.39 is 0 Å². The Morgan fingerprint density at radius 1 is 0.745 bits per heavy atom. The minimum absolute atomic E-state index is 0.219. The highest BCUT2D eigenvalue weighted by Crippen LogP contribution is 2.25. The molecular weight excluding hydrogens is 692 g/mol. The fraction of sp³-hybridized carbons (Fsp3) is 0.474. The Morgan fingerprint density at radius 2 is 1.25 bits per heavy atom. The van der Waals surface area contributed by atoms with Crippen LogP contribution in [0.1, 0.15) is 59.4 Å². The summed E-state index contributed by atoms with van der Waals surface area (Å²) in [5, 5.41) is 0. The maximum atomic E-state index is 12.8. The number of halogens is 1. The minimum atomic E-state index is -0.262. The first kappa shape index (κ1) is 38.0. The quantitative estimate of drug-likeness (QED) is 0.142. The molecule has 274 valence electrons. The number of aryl methyl sites for hydroxylation is 2. The van der Waals surface area contributed by atoms with E-state index in [0.29, 0.717) is 43.9 Å². The molecule has 0 bridgehead atoms. The van der Waals surface area contributed by atoms with Gasteiger partial charge in [0.15, 0.2) is 0 Å². The normalized spacial score (nSPS) is 15.1. The van der Waals surface area contributed by atoms with Gasteiger partial charge >= 0.3 is 12.2 Å². The number of hydrogen-bond donors (Lipinski definition) is 0. The Kier molecular flexibility index (Phi) is 14.9. The number of aromatic nitrogens is 2. The number of carbonyl (C=O) groups excluding carboxylic acids is 2. The highest BCUT2D eigenvalue weighted by molar-refractivity contribution is 7.09. The molecule has 2 aromatic heterocycles. The molecule has 0 radical (unpaired) electrons. The van der Waals surface area contributed by atoms with Crippen molar-refractivity contribution in [3.8, 4) is 11.5 Å². The van der Waals surface area contributed by atoms with E-state index in [9.17, 15) is 14.0 Å². The molecule has 0 aliphatic carbocycles. The summed E-state index contributed by atoms with van der Waals surface area (Å²) in [5.74, 6) is 2.53. The first-order chi connectivity index (χ1) is 24.8. The molecule has 2 fully saturated rings. The lowest BCUT2D eigenvalue weighted by atomic mass is 9.94. The van der Waals surface area contributed by atoms with Crippen molar-refractivity contribution in [1.29, 1.82) is 0 Å². The number of hydrogen-bond acceptors (Lipinski definition) is 10. The fourth-order valence-corrected chi connectivity index (χ4v) is 7.07. The van der Waals surface area contributed by atoms with Crippen molar-refractivity contribution < 1.29 is 32.9 Å². The number of ether oxygens (including phenoxy) is 4. The minimum Gasteiger partial charge on any atom is -0.494 e. The van der Waals surface area contributed by atoms with Crippen LogP contribution in [-0.4, -0.2) is 71.3 Å². The molecule has 6 rings (SSSR count). The van der Waals surface area contributed by atoms with Gasteiger partial charge in [0.05, 0.1) is 34.0 Å². The van der Waals surface area contributed by atoms with Crippen LogP contribution in [0.4, 0.5) is 14.0 Å². The number of amides is 2. The van der Waals surface area contributed by atoms with E-state index in [1.54, 1.807) is 40.4 Å². The third-order valence-electron chi connectivity index (χ3n) is 9.11. The summed E-state index contributed by atoms with van der Waals surface area (Å²) in [5.41, 5.74) is 5.91. The Morgan fingerprint density at radius 3 is 1.73 bits per heavy atom. The molecule has 4 aromatic rings. The van der Waals surface area contributed by atoms with Gasteiger partial charge in [-0.15, -0.1) is 22.7 Å². The molecule has 2 aliphatic rings. The molecule has 2 aliphatic heterocycles. The van der Waals surface area contributed by atoms with E-state index in [2.05, 4.69) is 35.9 Å². The lowest BCUT2D eigenvalue weighted by Crippen LogP contribution is -2.39. The molecular formula is C38H47FN4O6S2. The molecule has 2 saturated heterocycles. The third kappa shape index (κ3) is 12.8. The van der Waals surface area contributed by atoms with Crippen LogP contribution in [0.2, 0.25) is 0 Å². The van der Waals surface area contributed by atoms with E-state index in [-0.39, 0.29) is 24.6 Å². The Balaban J connectivity index is 0.000000198. The van der Waals surface area contributed by atoms with Gasteiger partial charge in [-0.1, -0.05) is 17.7 Å². The van der Waals surface area contributed by atoms with Crippen molar-refractivity contribution in [2.24, 2.45) is 11.8 Å². The molecule has 2 aromatic carbocycles. The van der Waals surface area contributed by atoms with Gasteiger partial charge in [0.1, 0.15) is 30.5 Å². The van der Waals surface area contributed by atoms with Crippen molar-refractivity contribution >= 4 is 34.9 Å². The molecule has 2 amide bonds. The molecule has 0 unspecified atom stereocenters. The molecule has 0 N–H and O–H groups in total. The summed E-state index contributed by atoms with van der Waals surface area (Å²) in [6, 6.07) is 12.3. The van der Waals surface area contributed by atoms with Crippen LogP contribution >= 0.6 is 22.7 Å². The summed E-state index contributed by atoms with van der Waals surface area (Å²) in [6.07, 6.45) is 8.84. The van der Waals surface area contributed by atoms with E-state index in [1.165, 1.54) is 45.9 Å². The van der Waals surface area contributed by atoms with Gasteiger partial charge in [0.25, 0.3) is 0 Å². The van der Waals surface area contributed by atoms with E-state index in [4.69, 9.17) is 18.9 Å². The first-order valence-corrected chi connectivity index (χ1v) is 19.2. The van der Waals surface area contributed by atoms with E-state index in [1.807, 2.05) is 11.0 Å². The zero-order valence-corrected chi connectivity index (χ0v) is 31.0. The van der Waals surface area contributed by atoms with Gasteiger partial charge in [0, 0.05) is 38.6 Å². The predicted molar refractivity (Wildman–Crippen MR) is 196 cm³/mol. The third-order valence-corrected chi connectivity index (χ3v) is 10.6. The second-order valence-corrected chi connectivity index (χ2v) is 14.8.